The second-order valence-electron chi connectivity index (χ2n) is 7.69. The first kappa shape index (κ1) is 24.5. The van der Waals surface area contributed by atoms with E-state index in [1.54, 1.807) is 30.3 Å². The van der Waals surface area contributed by atoms with Crippen LogP contribution in [0, 0.1) is 11.2 Å². The summed E-state index contributed by atoms with van der Waals surface area (Å²) >= 11 is 0. The molecule has 0 aliphatic carbocycles. The van der Waals surface area contributed by atoms with E-state index in [4.69, 9.17) is 25.7 Å². The van der Waals surface area contributed by atoms with Crippen molar-refractivity contribution in [2.45, 2.75) is 12.5 Å². The molecule has 0 radical (unpaired) electrons. The number of anilines is 1. The molecule has 4 aromatic rings. The van der Waals surface area contributed by atoms with Crippen LogP contribution < -0.4 is 26.2 Å². The van der Waals surface area contributed by atoms with Gasteiger partial charge in [0.15, 0.2) is 23.2 Å². The molecule has 2 aromatic carbocycles. The van der Waals surface area contributed by atoms with Gasteiger partial charge in [-0.15, -0.1) is 5.10 Å². The lowest BCUT2D eigenvalue weighted by atomic mass is 10.0. The van der Waals surface area contributed by atoms with Gasteiger partial charge in [-0.2, -0.15) is 9.78 Å². The van der Waals surface area contributed by atoms with Gasteiger partial charge in [-0.1, -0.05) is 0 Å². The first-order valence-corrected chi connectivity index (χ1v) is 10.9. The number of hydrogen-bond acceptors (Lipinski definition) is 8. The molecule has 0 aliphatic rings. The van der Waals surface area contributed by atoms with Gasteiger partial charge in [-0.05, 0) is 30.3 Å². The molecule has 12 nitrogen and oxygen atoms in total. The third-order valence-electron chi connectivity index (χ3n) is 5.28. The monoisotopic (exact) mass is 496 g/mol. The number of nitrogens with zero attached hydrogens (tertiary/aromatic N) is 3. The number of rotatable bonds is 11. The maximum Gasteiger partial charge on any atom is 0.349 e. The van der Waals surface area contributed by atoms with Gasteiger partial charge >= 0.3 is 5.69 Å². The number of aromatic nitrogens is 5. The van der Waals surface area contributed by atoms with Gasteiger partial charge in [0.1, 0.15) is 17.6 Å². The lowest BCUT2D eigenvalue weighted by Crippen LogP contribution is -2.18. The molecule has 0 saturated carbocycles. The van der Waals surface area contributed by atoms with E-state index in [-0.39, 0.29) is 36.2 Å². The number of methoxy groups -OCH3 is 1. The van der Waals surface area contributed by atoms with Crippen molar-refractivity contribution < 1.29 is 19.0 Å². The van der Waals surface area contributed by atoms with Crippen LogP contribution in [0.4, 0.5) is 10.1 Å². The highest BCUT2D eigenvalue weighted by Gasteiger charge is 2.26. The van der Waals surface area contributed by atoms with Crippen molar-refractivity contribution in [3.8, 4) is 17.3 Å². The minimum Gasteiger partial charge on any atom is -0.497 e. The van der Waals surface area contributed by atoms with Crippen molar-refractivity contribution in [1.82, 2.24) is 25.0 Å². The molecule has 188 valence electrons. The van der Waals surface area contributed by atoms with E-state index >= 15 is 4.39 Å². The zero-order valence-corrected chi connectivity index (χ0v) is 19.3. The van der Waals surface area contributed by atoms with E-state index < -0.39 is 17.5 Å². The van der Waals surface area contributed by atoms with Crippen LogP contribution in [0.2, 0.25) is 0 Å². The molecule has 0 aliphatic heterocycles. The molecule has 0 amide bonds. The maximum atomic E-state index is 15.7. The summed E-state index contributed by atoms with van der Waals surface area (Å²) in [6, 6.07) is 10.1. The topological polar surface area (TPSA) is 180 Å². The maximum absolute atomic E-state index is 15.7. The van der Waals surface area contributed by atoms with Crippen molar-refractivity contribution >= 4 is 11.5 Å². The number of amidine groups is 1. The molecule has 0 bridgehead atoms. The summed E-state index contributed by atoms with van der Waals surface area (Å²) in [5.41, 5.74) is 6.14. The second-order valence-corrected chi connectivity index (χ2v) is 7.69. The molecular weight excluding hydrogens is 471 g/mol. The Kier molecular flexibility index (Phi) is 7.30. The van der Waals surface area contributed by atoms with Gasteiger partial charge < -0.3 is 25.6 Å². The first-order chi connectivity index (χ1) is 17.4. The number of nitrogens with one attached hydrogen (secondary N) is 4. The Morgan fingerprint density at radius 3 is 2.72 bits per heavy atom. The molecule has 36 heavy (non-hydrogen) atoms. The fourth-order valence-electron chi connectivity index (χ4n) is 3.48. The van der Waals surface area contributed by atoms with Crippen LogP contribution in [-0.2, 0) is 0 Å². The number of aliphatic hydroxyl groups excluding tert-OH is 1. The van der Waals surface area contributed by atoms with Crippen LogP contribution in [0.15, 0.2) is 53.5 Å². The highest BCUT2D eigenvalue weighted by atomic mass is 19.1. The Morgan fingerprint density at radius 1 is 1.31 bits per heavy atom. The molecule has 4 rings (SSSR count). The second kappa shape index (κ2) is 10.7. The van der Waals surface area contributed by atoms with E-state index in [9.17, 15) is 4.79 Å². The first-order valence-electron chi connectivity index (χ1n) is 10.9. The molecule has 2 heterocycles. The van der Waals surface area contributed by atoms with Crippen molar-refractivity contribution in [3.63, 3.8) is 0 Å². The fourth-order valence-corrected chi connectivity index (χ4v) is 3.48. The number of ether oxygens (including phenoxy) is 2. The van der Waals surface area contributed by atoms with Crippen LogP contribution in [0.5, 0.6) is 11.5 Å². The van der Waals surface area contributed by atoms with Crippen molar-refractivity contribution in [1.29, 1.82) is 5.41 Å². The summed E-state index contributed by atoms with van der Waals surface area (Å²) < 4.78 is 27.7. The minimum absolute atomic E-state index is 0.0770. The average Bonchev–Trinajstić information content (AvgIpc) is 3.54. The van der Waals surface area contributed by atoms with Gasteiger partial charge in [0, 0.05) is 42.0 Å². The Balaban J connectivity index is 1.81. The molecule has 2 aromatic heterocycles. The molecule has 7 N–H and O–H groups in total. The average molecular weight is 497 g/mol. The summed E-state index contributed by atoms with van der Waals surface area (Å²) in [6.07, 6.45) is 1.79. The minimum atomic E-state index is -0.986. The molecule has 13 heteroatoms. The summed E-state index contributed by atoms with van der Waals surface area (Å²) in [4.78, 5) is 15.3. The third-order valence-corrected chi connectivity index (χ3v) is 5.28. The Bertz CT molecular complexity index is 1380. The van der Waals surface area contributed by atoms with Crippen molar-refractivity contribution in [2.75, 3.05) is 25.6 Å². The number of benzene rings is 2. The van der Waals surface area contributed by atoms with Crippen LogP contribution >= 0.6 is 0 Å². The molecule has 1 unspecified atom stereocenters. The van der Waals surface area contributed by atoms with Crippen molar-refractivity contribution in [3.05, 3.63) is 81.9 Å². The summed E-state index contributed by atoms with van der Waals surface area (Å²) in [6.45, 7) is -0.0128. The molecular formula is C23H25FN8O4. The van der Waals surface area contributed by atoms with E-state index in [1.165, 1.54) is 25.4 Å². The van der Waals surface area contributed by atoms with Crippen LogP contribution in [0.1, 0.15) is 29.4 Å². The summed E-state index contributed by atoms with van der Waals surface area (Å²) in [5.74, 6) is -0.107. The molecule has 0 spiro atoms. The SMILES string of the molecule is COc1cc(OCCCO)c(F)c(C(Nc2ccc(C(=N)N)cc2)c2nn(-c3ccn[nH]3)c(=O)[nH]2)c1. The quantitative estimate of drug-likeness (QED) is 0.103. The summed E-state index contributed by atoms with van der Waals surface area (Å²) in [5, 5.41) is 30.7. The number of aliphatic hydroxyl groups is 1. The zero-order chi connectivity index (χ0) is 25.7. The van der Waals surface area contributed by atoms with Crippen LogP contribution in [0.3, 0.4) is 0 Å². The fraction of sp³-hybridized carbons (Fsp3) is 0.217. The summed E-state index contributed by atoms with van der Waals surface area (Å²) in [7, 11) is 1.44. The van der Waals surface area contributed by atoms with Gasteiger partial charge in [0.05, 0.1) is 19.9 Å². The van der Waals surface area contributed by atoms with Crippen LogP contribution in [0.25, 0.3) is 5.82 Å². The lowest BCUT2D eigenvalue weighted by Gasteiger charge is -2.21. The standard InChI is InChI=1S/C23H25FN8O4/c1-35-15-11-16(19(24)17(12-15)36-10-2-9-33)20(28-14-5-3-13(4-6-14)21(25)26)22-29-23(34)32(31-22)18-7-8-27-30-18/h3-8,11-12,20,28,33H,2,9-10H2,1H3,(H3,25,26)(H,27,30)(H,29,31,34). The van der Waals surface area contributed by atoms with Gasteiger partial charge in [-0.3, -0.25) is 15.5 Å². The van der Waals surface area contributed by atoms with E-state index in [0.717, 1.165) is 4.68 Å². The van der Waals surface area contributed by atoms with E-state index in [1.807, 2.05) is 0 Å². The van der Waals surface area contributed by atoms with E-state index in [0.29, 0.717) is 29.2 Å². The number of aromatic amines is 2. The van der Waals surface area contributed by atoms with Crippen LogP contribution in [-0.4, -0.2) is 56.2 Å². The zero-order valence-electron chi connectivity index (χ0n) is 19.3. The number of halogens is 1. The van der Waals surface area contributed by atoms with Gasteiger partial charge in [0.2, 0.25) is 0 Å². The number of H-pyrrole nitrogens is 2. The van der Waals surface area contributed by atoms with Crippen molar-refractivity contribution in [2.24, 2.45) is 5.73 Å². The van der Waals surface area contributed by atoms with Gasteiger partial charge in [-0.25, -0.2) is 9.18 Å². The van der Waals surface area contributed by atoms with Gasteiger partial charge in [0.25, 0.3) is 0 Å². The largest absolute Gasteiger partial charge is 0.497 e. The Morgan fingerprint density at radius 2 is 2.08 bits per heavy atom. The highest BCUT2D eigenvalue weighted by Crippen LogP contribution is 2.35. The molecule has 0 fully saturated rings. The third kappa shape index (κ3) is 5.20. The van der Waals surface area contributed by atoms with E-state index in [2.05, 4.69) is 25.6 Å². The smallest absolute Gasteiger partial charge is 0.349 e. The Labute approximate surface area is 204 Å². The predicted octanol–water partition coefficient (Wildman–Crippen LogP) is 1.68. The predicted molar refractivity (Wildman–Crippen MR) is 129 cm³/mol. The molecule has 0 saturated heterocycles. The number of hydrogen-bond donors (Lipinski definition) is 6. The lowest BCUT2D eigenvalue weighted by molar-refractivity contribution is 0.227. The normalized spacial score (nSPS) is 11.8. The Hall–Kier alpha value is -4.65. The highest BCUT2D eigenvalue weighted by molar-refractivity contribution is 5.95. The number of nitrogens with two attached hydrogens (primary N) is 1. The molecule has 1 atom stereocenters. The number of nitrogen functional groups attached to an aromatic ring is 1.